The number of nitrogens with zero attached hydrogens (tertiary/aromatic N) is 1. The Morgan fingerprint density at radius 3 is 2.83 bits per heavy atom. The Morgan fingerprint density at radius 1 is 1.50 bits per heavy atom. The number of esters is 1. The largest absolute Gasteiger partial charge is 0.465 e. The summed E-state index contributed by atoms with van der Waals surface area (Å²) in [7, 11) is 1.28. The number of hydrogen-bond acceptors (Lipinski definition) is 4. The van der Waals surface area contributed by atoms with E-state index in [1.54, 1.807) is 12.1 Å². The Balaban J connectivity index is 3.01. The first-order valence-electron chi connectivity index (χ1n) is 3.29. The van der Waals surface area contributed by atoms with Crippen LogP contribution < -0.4 is 0 Å². The molecule has 0 aliphatic carbocycles. The predicted molar refractivity (Wildman–Crippen MR) is 43.2 cm³/mol. The molecule has 0 aromatic heterocycles. The molecular formula is C8H7NO3. The van der Waals surface area contributed by atoms with E-state index < -0.39 is 5.97 Å². The van der Waals surface area contributed by atoms with E-state index in [2.05, 4.69) is 9.91 Å². The van der Waals surface area contributed by atoms with Crippen molar-refractivity contribution in [2.75, 3.05) is 7.11 Å². The molecule has 0 saturated heterocycles. The molecule has 12 heavy (non-hydrogen) atoms. The molecule has 0 heterocycles. The van der Waals surface area contributed by atoms with Crippen LogP contribution in [0.1, 0.15) is 10.4 Å². The second kappa shape index (κ2) is 3.61. The lowest BCUT2D eigenvalue weighted by atomic mass is 10.2. The van der Waals surface area contributed by atoms with Crippen LogP contribution in [0.5, 0.6) is 0 Å². The molecule has 0 aliphatic rings. The van der Waals surface area contributed by atoms with E-state index in [0.717, 1.165) is 0 Å². The van der Waals surface area contributed by atoms with Crippen LogP contribution in [0.3, 0.4) is 0 Å². The predicted octanol–water partition coefficient (Wildman–Crippen LogP) is 1.87. The maximum atomic E-state index is 10.9. The highest BCUT2D eigenvalue weighted by atomic mass is 16.5. The second-order valence-corrected chi connectivity index (χ2v) is 2.13. The number of carbonyl (C=O) groups excluding carboxylic acids is 1. The quantitative estimate of drug-likeness (QED) is 0.496. The molecule has 1 aromatic rings. The van der Waals surface area contributed by atoms with Crippen LogP contribution in [0, 0.1) is 4.91 Å². The molecule has 0 saturated carbocycles. The van der Waals surface area contributed by atoms with E-state index in [1.807, 2.05) is 0 Å². The maximum absolute atomic E-state index is 10.9. The molecule has 0 atom stereocenters. The van der Waals surface area contributed by atoms with Crippen LogP contribution in [0.4, 0.5) is 5.69 Å². The number of methoxy groups -OCH3 is 1. The zero-order chi connectivity index (χ0) is 8.97. The third-order valence-electron chi connectivity index (χ3n) is 1.37. The van der Waals surface area contributed by atoms with Gasteiger partial charge >= 0.3 is 5.97 Å². The highest BCUT2D eigenvalue weighted by Gasteiger charge is 2.04. The molecule has 0 unspecified atom stereocenters. The summed E-state index contributed by atoms with van der Waals surface area (Å²) >= 11 is 0. The van der Waals surface area contributed by atoms with Crippen molar-refractivity contribution in [2.24, 2.45) is 5.18 Å². The van der Waals surface area contributed by atoms with Crippen molar-refractivity contribution in [2.45, 2.75) is 0 Å². The summed E-state index contributed by atoms with van der Waals surface area (Å²) < 4.78 is 4.45. The summed E-state index contributed by atoms with van der Waals surface area (Å²) in [6, 6.07) is 6.02. The molecule has 62 valence electrons. The molecule has 1 rings (SSSR count). The molecular weight excluding hydrogens is 158 g/mol. The van der Waals surface area contributed by atoms with Gasteiger partial charge in [0.05, 0.1) is 12.7 Å². The van der Waals surface area contributed by atoms with Gasteiger partial charge in [-0.3, -0.25) is 0 Å². The Bertz CT molecular complexity index is 309. The average Bonchev–Trinajstić information content (AvgIpc) is 2.17. The standard InChI is InChI=1S/C8H7NO3/c1-12-8(10)6-3-2-4-7(5-6)9-11/h2-5H,1H3. The van der Waals surface area contributed by atoms with Gasteiger partial charge in [0, 0.05) is 0 Å². The molecule has 0 fully saturated rings. The molecule has 0 spiro atoms. The van der Waals surface area contributed by atoms with E-state index in [4.69, 9.17) is 0 Å². The fourth-order valence-corrected chi connectivity index (χ4v) is 0.808. The van der Waals surface area contributed by atoms with Gasteiger partial charge in [-0.15, -0.1) is 4.91 Å². The van der Waals surface area contributed by atoms with Crippen LogP contribution in [0.2, 0.25) is 0 Å². The van der Waals surface area contributed by atoms with Crippen molar-refractivity contribution in [3.05, 3.63) is 34.7 Å². The minimum atomic E-state index is -0.472. The van der Waals surface area contributed by atoms with Gasteiger partial charge < -0.3 is 4.74 Å². The first-order chi connectivity index (χ1) is 5.77. The van der Waals surface area contributed by atoms with Crippen molar-refractivity contribution in [1.82, 2.24) is 0 Å². The molecule has 0 aliphatic heterocycles. The molecule has 4 nitrogen and oxygen atoms in total. The van der Waals surface area contributed by atoms with E-state index in [9.17, 15) is 9.70 Å². The highest BCUT2D eigenvalue weighted by molar-refractivity contribution is 5.90. The summed E-state index contributed by atoms with van der Waals surface area (Å²) in [5.74, 6) is -0.472. The second-order valence-electron chi connectivity index (χ2n) is 2.13. The lowest BCUT2D eigenvalue weighted by molar-refractivity contribution is 0.0601. The minimum absolute atomic E-state index is 0.220. The first kappa shape index (κ1) is 8.39. The van der Waals surface area contributed by atoms with Crippen molar-refractivity contribution >= 4 is 11.7 Å². The molecule has 4 heteroatoms. The van der Waals surface area contributed by atoms with E-state index >= 15 is 0 Å². The number of rotatable bonds is 2. The summed E-state index contributed by atoms with van der Waals surface area (Å²) in [4.78, 5) is 21.0. The first-order valence-corrected chi connectivity index (χ1v) is 3.29. The summed E-state index contributed by atoms with van der Waals surface area (Å²) in [5, 5.41) is 2.69. The van der Waals surface area contributed by atoms with Gasteiger partial charge in [0.2, 0.25) is 0 Å². The van der Waals surface area contributed by atoms with E-state index in [-0.39, 0.29) is 5.69 Å². The summed E-state index contributed by atoms with van der Waals surface area (Å²) in [6.07, 6.45) is 0. The zero-order valence-electron chi connectivity index (χ0n) is 6.48. The number of hydrogen-bond donors (Lipinski definition) is 0. The number of nitroso groups, excluding NO2 is 1. The van der Waals surface area contributed by atoms with E-state index in [0.29, 0.717) is 5.56 Å². The number of benzene rings is 1. The van der Waals surface area contributed by atoms with Crippen LogP contribution in [-0.2, 0) is 4.74 Å². The monoisotopic (exact) mass is 165 g/mol. The molecule has 1 aromatic carbocycles. The highest BCUT2D eigenvalue weighted by Crippen LogP contribution is 2.13. The van der Waals surface area contributed by atoms with Gasteiger partial charge in [0.15, 0.2) is 0 Å². The fourth-order valence-electron chi connectivity index (χ4n) is 0.808. The summed E-state index contributed by atoms with van der Waals surface area (Å²) in [6.45, 7) is 0. The third kappa shape index (κ3) is 1.66. The van der Waals surface area contributed by atoms with Crippen molar-refractivity contribution in [3.8, 4) is 0 Å². The lowest BCUT2D eigenvalue weighted by Gasteiger charge is -1.97. The van der Waals surface area contributed by atoms with Gasteiger partial charge in [0.25, 0.3) is 0 Å². The van der Waals surface area contributed by atoms with E-state index in [1.165, 1.54) is 19.2 Å². The average molecular weight is 165 g/mol. The lowest BCUT2D eigenvalue weighted by Crippen LogP contribution is -1.99. The van der Waals surface area contributed by atoms with Crippen LogP contribution in [0.25, 0.3) is 0 Å². The zero-order valence-corrected chi connectivity index (χ0v) is 6.48. The van der Waals surface area contributed by atoms with Gasteiger partial charge in [-0.1, -0.05) is 6.07 Å². The van der Waals surface area contributed by atoms with Crippen LogP contribution in [0.15, 0.2) is 29.4 Å². The molecule has 0 N–H and O–H groups in total. The van der Waals surface area contributed by atoms with Gasteiger partial charge in [0.1, 0.15) is 5.69 Å². The maximum Gasteiger partial charge on any atom is 0.337 e. The van der Waals surface area contributed by atoms with Gasteiger partial charge in [-0.25, -0.2) is 4.79 Å². The fraction of sp³-hybridized carbons (Fsp3) is 0.125. The Morgan fingerprint density at radius 2 is 2.25 bits per heavy atom. The third-order valence-corrected chi connectivity index (χ3v) is 1.37. The smallest absolute Gasteiger partial charge is 0.337 e. The molecule has 0 radical (unpaired) electrons. The minimum Gasteiger partial charge on any atom is -0.465 e. The molecule has 0 bridgehead atoms. The van der Waals surface area contributed by atoms with Crippen molar-refractivity contribution in [1.29, 1.82) is 0 Å². The van der Waals surface area contributed by atoms with Gasteiger partial charge in [-0.2, -0.15) is 0 Å². The van der Waals surface area contributed by atoms with Crippen molar-refractivity contribution < 1.29 is 9.53 Å². The van der Waals surface area contributed by atoms with Crippen LogP contribution in [-0.4, -0.2) is 13.1 Å². The molecule has 0 amide bonds. The van der Waals surface area contributed by atoms with Crippen LogP contribution >= 0.6 is 0 Å². The topological polar surface area (TPSA) is 55.7 Å². The van der Waals surface area contributed by atoms with Gasteiger partial charge in [-0.05, 0) is 23.4 Å². The Hall–Kier alpha value is -1.71. The summed E-state index contributed by atoms with van der Waals surface area (Å²) in [5.41, 5.74) is 0.549. The SMILES string of the molecule is COC(=O)c1cccc(N=O)c1. The Labute approximate surface area is 69.1 Å². The number of carbonyl (C=O) groups is 1. The van der Waals surface area contributed by atoms with Crippen molar-refractivity contribution in [3.63, 3.8) is 0 Å². The normalized spacial score (nSPS) is 9.08. The number of ether oxygens (including phenoxy) is 1. The Kier molecular flexibility index (Phi) is 2.53.